The van der Waals surface area contributed by atoms with Gasteiger partial charge in [-0.3, -0.25) is 9.36 Å². The number of carbonyl (C=O) groups excluding carboxylic acids is 1. The summed E-state index contributed by atoms with van der Waals surface area (Å²) in [6.07, 6.45) is 3.38. The Labute approximate surface area is 178 Å². The monoisotopic (exact) mass is 418 g/mol. The molecule has 4 heterocycles. The van der Waals surface area contributed by atoms with Crippen LogP contribution in [0.2, 0.25) is 0 Å². The molecular weight excluding hydrogens is 396 g/mol. The number of anilines is 1. The highest BCUT2D eigenvalue weighted by molar-refractivity contribution is 7.20. The molecule has 4 aromatic rings. The fourth-order valence-corrected chi connectivity index (χ4v) is 4.78. The molecule has 0 N–H and O–H groups in total. The SMILES string of the molecule is Cc1ncn(-c2cc(N3CCN(C(=O)c4cc5ccccc5s4)CC3)ncn2)c1C. The van der Waals surface area contributed by atoms with Crippen LogP contribution < -0.4 is 4.90 Å². The van der Waals surface area contributed by atoms with Crippen LogP contribution in [0.25, 0.3) is 15.9 Å². The summed E-state index contributed by atoms with van der Waals surface area (Å²) in [5.74, 6) is 1.80. The van der Waals surface area contributed by atoms with Gasteiger partial charge in [-0.15, -0.1) is 11.3 Å². The van der Waals surface area contributed by atoms with Gasteiger partial charge in [0.2, 0.25) is 0 Å². The third-order valence-electron chi connectivity index (χ3n) is 5.66. The number of rotatable bonds is 3. The lowest BCUT2D eigenvalue weighted by atomic mass is 10.2. The number of hydrogen-bond donors (Lipinski definition) is 0. The second-order valence-corrected chi connectivity index (χ2v) is 8.53. The van der Waals surface area contributed by atoms with Gasteiger partial charge in [0.1, 0.15) is 24.3 Å². The number of fused-ring (bicyclic) bond motifs is 1. The highest BCUT2D eigenvalue weighted by Gasteiger charge is 2.24. The van der Waals surface area contributed by atoms with E-state index >= 15 is 0 Å². The van der Waals surface area contributed by atoms with Crippen LogP contribution >= 0.6 is 11.3 Å². The first-order valence-corrected chi connectivity index (χ1v) is 10.8. The Balaban J connectivity index is 1.29. The highest BCUT2D eigenvalue weighted by Crippen LogP contribution is 2.27. The molecule has 0 aliphatic carbocycles. The van der Waals surface area contributed by atoms with Gasteiger partial charge in [-0.2, -0.15) is 0 Å². The number of aryl methyl sites for hydroxylation is 1. The van der Waals surface area contributed by atoms with Crippen LogP contribution in [0.1, 0.15) is 21.1 Å². The zero-order chi connectivity index (χ0) is 20.7. The van der Waals surface area contributed by atoms with E-state index in [1.807, 2.05) is 47.6 Å². The van der Waals surface area contributed by atoms with Gasteiger partial charge in [0.05, 0.1) is 10.6 Å². The van der Waals surface area contributed by atoms with E-state index < -0.39 is 0 Å². The molecule has 7 nitrogen and oxygen atoms in total. The Morgan fingerprint density at radius 1 is 0.967 bits per heavy atom. The maximum Gasteiger partial charge on any atom is 0.264 e. The number of aromatic nitrogens is 4. The van der Waals surface area contributed by atoms with Gasteiger partial charge in [-0.25, -0.2) is 15.0 Å². The average Bonchev–Trinajstić information content (AvgIpc) is 3.37. The lowest BCUT2D eigenvalue weighted by Gasteiger charge is -2.35. The van der Waals surface area contributed by atoms with Crippen molar-refractivity contribution < 1.29 is 4.79 Å². The number of carbonyl (C=O) groups is 1. The zero-order valence-corrected chi connectivity index (χ0v) is 17.8. The molecule has 1 saturated heterocycles. The summed E-state index contributed by atoms with van der Waals surface area (Å²) in [5, 5.41) is 1.13. The van der Waals surface area contributed by atoms with Gasteiger partial charge >= 0.3 is 0 Å². The predicted molar refractivity (Wildman–Crippen MR) is 119 cm³/mol. The molecule has 3 aromatic heterocycles. The van der Waals surface area contributed by atoms with Crippen LogP contribution in [-0.4, -0.2) is 56.5 Å². The van der Waals surface area contributed by atoms with Crippen LogP contribution in [0.4, 0.5) is 5.82 Å². The Morgan fingerprint density at radius 2 is 1.73 bits per heavy atom. The second kappa shape index (κ2) is 7.53. The minimum atomic E-state index is 0.115. The molecule has 152 valence electrons. The molecular formula is C22H22N6OS. The third kappa shape index (κ3) is 3.33. The summed E-state index contributed by atoms with van der Waals surface area (Å²) in [6, 6.07) is 12.1. The summed E-state index contributed by atoms with van der Waals surface area (Å²) in [4.78, 5) is 31.1. The normalized spacial score (nSPS) is 14.5. The second-order valence-electron chi connectivity index (χ2n) is 7.45. The van der Waals surface area contributed by atoms with E-state index in [1.54, 1.807) is 24.0 Å². The number of hydrogen-bond acceptors (Lipinski definition) is 6. The molecule has 0 atom stereocenters. The summed E-state index contributed by atoms with van der Waals surface area (Å²) >= 11 is 1.56. The maximum absolute atomic E-state index is 13.0. The standard InChI is InChI=1S/C22H22N6OS/c1-15-16(2)28(14-25-15)21-12-20(23-13-24-21)26-7-9-27(10-8-26)22(29)19-11-17-5-3-4-6-18(17)30-19/h3-6,11-14H,7-10H2,1-2H3. The number of piperazine rings is 1. The quantitative estimate of drug-likeness (QED) is 0.510. The van der Waals surface area contributed by atoms with Crippen molar-refractivity contribution in [1.29, 1.82) is 0 Å². The fraction of sp³-hybridized carbons (Fsp3) is 0.273. The van der Waals surface area contributed by atoms with Crippen LogP contribution in [0.3, 0.4) is 0 Å². The van der Waals surface area contributed by atoms with Crippen molar-refractivity contribution in [3.63, 3.8) is 0 Å². The molecule has 1 aromatic carbocycles. The molecule has 8 heteroatoms. The van der Waals surface area contributed by atoms with Crippen molar-refractivity contribution in [2.75, 3.05) is 31.1 Å². The minimum Gasteiger partial charge on any atom is -0.353 e. The minimum absolute atomic E-state index is 0.115. The van der Waals surface area contributed by atoms with Gasteiger partial charge in [-0.1, -0.05) is 18.2 Å². The summed E-state index contributed by atoms with van der Waals surface area (Å²) in [6.45, 7) is 6.86. The van der Waals surface area contributed by atoms with E-state index in [0.29, 0.717) is 13.1 Å². The molecule has 1 aliphatic heterocycles. The number of benzene rings is 1. The lowest BCUT2D eigenvalue weighted by Crippen LogP contribution is -2.48. The molecule has 5 rings (SSSR count). The molecule has 0 saturated carbocycles. The van der Waals surface area contributed by atoms with Crippen molar-refractivity contribution in [2.24, 2.45) is 0 Å². The van der Waals surface area contributed by atoms with Crippen molar-refractivity contribution in [1.82, 2.24) is 24.4 Å². The number of nitrogens with zero attached hydrogens (tertiary/aromatic N) is 6. The topological polar surface area (TPSA) is 67.2 Å². The van der Waals surface area contributed by atoms with Crippen LogP contribution in [0.15, 0.2) is 49.1 Å². The molecule has 1 amide bonds. The maximum atomic E-state index is 13.0. The molecule has 0 unspecified atom stereocenters. The van der Waals surface area contributed by atoms with Crippen LogP contribution in [0.5, 0.6) is 0 Å². The highest BCUT2D eigenvalue weighted by atomic mass is 32.1. The Kier molecular flexibility index (Phi) is 4.71. The van der Waals surface area contributed by atoms with E-state index in [-0.39, 0.29) is 5.91 Å². The molecule has 0 bridgehead atoms. The average molecular weight is 419 g/mol. The van der Waals surface area contributed by atoms with Crippen molar-refractivity contribution >= 4 is 33.1 Å². The van der Waals surface area contributed by atoms with Gasteiger partial charge in [0, 0.05) is 42.6 Å². The summed E-state index contributed by atoms with van der Waals surface area (Å²) < 4.78 is 3.12. The number of imidazole rings is 1. The first-order chi connectivity index (χ1) is 14.6. The first kappa shape index (κ1) is 18.7. The molecule has 1 fully saturated rings. The largest absolute Gasteiger partial charge is 0.353 e. The van der Waals surface area contributed by atoms with E-state index in [2.05, 4.69) is 32.0 Å². The van der Waals surface area contributed by atoms with Crippen molar-refractivity contribution in [2.45, 2.75) is 13.8 Å². The number of thiophene rings is 1. The summed E-state index contributed by atoms with van der Waals surface area (Å²) in [7, 11) is 0. The van der Waals surface area contributed by atoms with Crippen LogP contribution in [0, 0.1) is 13.8 Å². The van der Waals surface area contributed by atoms with Crippen molar-refractivity contribution in [3.8, 4) is 5.82 Å². The van der Waals surface area contributed by atoms with E-state index in [9.17, 15) is 4.79 Å². The van der Waals surface area contributed by atoms with Gasteiger partial charge in [0.25, 0.3) is 5.91 Å². The third-order valence-corrected chi connectivity index (χ3v) is 6.77. The van der Waals surface area contributed by atoms with Gasteiger partial charge in [-0.05, 0) is 31.4 Å². The van der Waals surface area contributed by atoms with Crippen LogP contribution in [-0.2, 0) is 0 Å². The smallest absolute Gasteiger partial charge is 0.264 e. The van der Waals surface area contributed by atoms with E-state index in [1.165, 1.54) is 0 Å². The first-order valence-electron chi connectivity index (χ1n) is 9.96. The zero-order valence-electron chi connectivity index (χ0n) is 16.9. The molecule has 0 radical (unpaired) electrons. The molecule has 0 spiro atoms. The Hall–Kier alpha value is -3.26. The Morgan fingerprint density at radius 3 is 2.47 bits per heavy atom. The van der Waals surface area contributed by atoms with Crippen molar-refractivity contribution in [3.05, 3.63) is 65.3 Å². The Bertz CT molecular complexity index is 1190. The molecule has 30 heavy (non-hydrogen) atoms. The lowest BCUT2D eigenvalue weighted by molar-refractivity contribution is 0.0751. The predicted octanol–water partition coefficient (Wildman–Crippen LogP) is 3.46. The molecule has 1 aliphatic rings. The fourth-order valence-electron chi connectivity index (χ4n) is 3.75. The summed E-state index contributed by atoms with van der Waals surface area (Å²) in [5.41, 5.74) is 2.06. The van der Waals surface area contributed by atoms with E-state index in [4.69, 9.17) is 0 Å². The van der Waals surface area contributed by atoms with Gasteiger partial charge in [0.15, 0.2) is 0 Å². The van der Waals surface area contributed by atoms with E-state index in [0.717, 1.165) is 51.1 Å². The van der Waals surface area contributed by atoms with Gasteiger partial charge < -0.3 is 9.80 Å². The number of amides is 1.